The van der Waals surface area contributed by atoms with E-state index < -0.39 is 5.91 Å². The molecular formula is C11H13N3O2S. The number of fused-ring (bicyclic) bond motifs is 1. The molecule has 5 nitrogen and oxygen atoms in total. The summed E-state index contributed by atoms with van der Waals surface area (Å²) in [6.07, 6.45) is 1.19. The molecule has 0 unspecified atom stereocenters. The number of anilines is 2. The normalized spacial score (nSPS) is 14.0. The highest BCUT2D eigenvalue weighted by atomic mass is 32.2. The van der Waals surface area contributed by atoms with Crippen LogP contribution in [-0.2, 0) is 16.0 Å². The van der Waals surface area contributed by atoms with Crippen molar-refractivity contribution >= 4 is 35.0 Å². The van der Waals surface area contributed by atoms with Gasteiger partial charge in [0.25, 0.3) is 0 Å². The van der Waals surface area contributed by atoms with E-state index in [1.165, 1.54) is 11.8 Å². The summed E-state index contributed by atoms with van der Waals surface area (Å²) >= 11 is 1.28. The van der Waals surface area contributed by atoms with Crippen molar-refractivity contribution < 1.29 is 9.59 Å². The van der Waals surface area contributed by atoms with Crippen molar-refractivity contribution in [3.63, 3.8) is 0 Å². The second kappa shape index (κ2) is 4.67. The Kier molecular flexibility index (Phi) is 3.23. The molecule has 0 fully saturated rings. The zero-order valence-electron chi connectivity index (χ0n) is 9.16. The SMILES string of the molecule is NC(=O)CSc1cc2c(cc1N)CCC(=O)N2. The molecule has 0 saturated heterocycles. The second-order valence-corrected chi connectivity index (χ2v) is 4.87. The summed E-state index contributed by atoms with van der Waals surface area (Å²) in [6.45, 7) is 0. The first-order valence-electron chi connectivity index (χ1n) is 5.19. The van der Waals surface area contributed by atoms with Gasteiger partial charge in [0.15, 0.2) is 0 Å². The number of carbonyl (C=O) groups is 2. The lowest BCUT2D eigenvalue weighted by atomic mass is 10.0. The van der Waals surface area contributed by atoms with Crippen LogP contribution in [0.1, 0.15) is 12.0 Å². The van der Waals surface area contributed by atoms with Crippen LogP contribution in [0.25, 0.3) is 0 Å². The number of benzene rings is 1. The van der Waals surface area contributed by atoms with Crippen LogP contribution in [0.4, 0.5) is 11.4 Å². The van der Waals surface area contributed by atoms with Crippen LogP contribution in [0.2, 0.25) is 0 Å². The van der Waals surface area contributed by atoms with Gasteiger partial charge in [-0.1, -0.05) is 0 Å². The minimum absolute atomic E-state index is 0.00752. The maximum absolute atomic E-state index is 11.3. The number of nitrogen functional groups attached to an aromatic ring is 1. The Morgan fingerprint density at radius 1 is 1.41 bits per heavy atom. The molecule has 0 bridgehead atoms. The molecule has 0 radical (unpaired) electrons. The Morgan fingerprint density at radius 2 is 2.18 bits per heavy atom. The molecule has 1 aliphatic heterocycles. The van der Waals surface area contributed by atoms with E-state index in [-0.39, 0.29) is 11.7 Å². The van der Waals surface area contributed by atoms with E-state index in [1.54, 1.807) is 6.07 Å². The van der Waals surface area contributed by atoms with Crippen molar-refractivity contribution in [3.8, 4) is 0 Å². The lowest BCUT2D eigenvalue weighted by molar-refractivity contribution is -0.116. The Bertz CT molecular complexity index is 488. The third-order valence-electron chi connectivity index (χ3n) is 2.50. The molecule has 0 aromatic heterocycles. The molecule has 0 aliphatic carbocycles. The molecule has 0 spiro atoms. The average Bonchev–Trinajstić information content (AvgIpc) is 2.26. The molecule has 1 aliphatic rings. The van der Waals surface area contributed by atoms with E-state index in [9.17, 15) is 9.59 Å². The summed E-state index contributed by atoms with van der Waals surface area (Å²) in [5.74, 6) is -0.207. The van der Waals surface area contributed by atoms with Gasteiger partial charge in [-0.3, -0.25) is 9.59 Å². The molecule has 1 aromatic rings. The number of amides is 2. The van der Waals surface area contributed by atoms with E-state index >= 15 is 0 Å². The van der Waals surface area contributed by atoms with E-state index in [4.69, 9.17) is 11.5 Å². The number of hydrogen-bond donors (Lipinski definition) is 3. The maximum Gasteiger partial charge on any atom is 0.227 e. The molecule has 0 atom stereocenters. The Labute approximate surface area is 103 Å². The van der Waals surface area contributed by atoms with Crippen LogP contribution in [-0.4, -0.2) is 17.6 Å². The van der Waals surface area contributed by atoms with Gasteiger partial charge >= 0.3 is 0 Å². The quantitative estimate of drug-likeness (QED) is 0.545. The lowest BCUT2D eigenvalue weighted by Crippen LogP contribution is -2.19. The number of rotatable bonds is 3. The monoisotopic (exact) mass is 251 g/mol. The Balaban J connectivity index is 2.25. The van der Waals surface area contributed by atoms with Crippen molar-refractivity contribution in [1.82, 2.24) is 0 Å². The van der Waals surface area contributed by atoms with Gasteiger partial charge < -0.3 is 16.8 Å². The Morgan fingerprint density at radius 3 is 2.88 bits per heavy atom. The van der Waals surface area contributed by atoms with Gasteiger partial charge in [-0.15, -0.1) is 11.8 Å². The number of nitrogens with one attached hydrogen (secondary N) is 1. The Hall–Kier alpha value is -1.69. The van der Waals surface area contributed by atoms with Gasteiger partial charge in [0.2, 0.25) is 11.8 Å². The largest absolute Gasteiger partial charge is 0.398 e. The number of aryl methyl sites for hydroxylation is 1. The highest BCUT2D eigenvalue weighted by molar-refractivity contribution is 8.00. The standard InChI is InChI=1S/C11H13N3O2S/c12-7-3-6-1-2-11(16)14-8(6)4-9(7)17-5-10(13)15/h3-4H,1-2,5,12H2,(H2,13,15)(H,14,16). The summed E-state index contributed by atoms with van der Waals surface area (Å²) < 4.78 is 0. The number of hydrogen-bond acceptors (Lipinski definition) is 4. The lowest BCUT2D eigenvalue weighted by Gasteiger charge is -2.18. The van der Waals surface area contributed by atoms with Crippen molar-refractivity contribution in [1.29, 1.82) is 0 Å². The van der Waals surface area contributed by atoms with E-state index in [0.29, 0.717) is 18.5 Å². The highest BCUT2D eigenvalue weighted by Gasteiger charge is 2.16. The molecule has 5 N–H and O–H groups in total. The first-order valence-corrected chi connectivity index (χ1v) is 6.18. The van der Waals surface area contributed by atoms with Gasteiger partial charge in [-0.25, -0.2) is 0 Å². The number of nitrogens with two attached hydrogens (primary N) is 2. The molecule has 2 amide bonds. The topological polar surface area (TPSA) is 98.2 Å². The van der Waals surface area contributed by atoms with Crippen LogP contribution in [0.5, 0.6) is 0 Å². The molecule has 0 saturated carbocycles. The van der Waals surface area contributed by atoms with Gasteiger partial charge in [0, 0.05) is 22.7 Å². The first kappa shape index (κ1) is 11.8. The molecule has 2 rings (SSSR count). The van der Waals surface area contributed by atoms with Gasteiger partial charge in [0.05, 0.1) is 5.75 Å². The van der Waals surface area contributed by atoms with Gasteiger partial charge in [-0.2, -0.15) is 0 Å². The van der Waals surface area contributed by atoms with E-state index in [0.717, 1.165) is 16.1 Å². The van der Waals surface area contributed by atoms with Gasteiger partial charge in [-0.05, 0) is 24.1 Å². The minimum atomic E-state index is -0.392. The summed E-state index contributed by atoms with van der Waals surface area (Å²) in [4.78, 5) is 22.7. The summed E-state index contributed by atoms with van der Waals surface area (Å²) in [6, 6.07) is 3.65. The predicted octanol–water partition coefficient (Wildman–Crippen LogP) is 0.731. The molecular weight excluding hydrogens is 238 g/mol. The molecule has 1 aromatic carbocycles. The number of carbonyl (C=O) groups excluding carboxylic acids is 2. The van der Waals surface area contributed by atoms with Crippen molar-refractivity contribution in [3.05, 3.63) is 17.7 Å². The third kappa shape index (κ3) is 2.71. The molecule has 6 heteroatoms. The fraction of sp³-hybridized carbons (Fsp3) is 0.273. The van der Waals surface area contributed by atoms with Gasteiger partial charge in [0.1, 0.15) is 0 Å². The third-order valence-corrected chi connectivity index (χ3v) is 3.59. The fourth-order valence-electron chi connectivity index (χ4n) is 1.70. The average molecular weight is 251 g/mol. The van der Waals surface area contributed by atoms with Crippen LogP contribution in [0, 0.1) is 0 Å². The van der Waals surface area contributed by atoms with E-state index in [2.05, 4.69) is 5.32 Å². The zero-order valence-corrected chi connectivity index (χ0v) is 9.97. The van der Waals surface area contributed by atoms with Crippen LogP contribution < -0.4 is 16.8 Å². The molecule has 90 valence electrons. The summed E-state index contributed by atoms with van der Waals surface area (Å²) in [7, 11) is 0. The van der Waals surface area contributed by atoms with Crippen molar-refractivity contribution in [2.45, 2.75) is 17.7 Å². The minimum Gasteiger partial charge on any atom is -0.398 e. The van der Waals surface area contributed by atoms with Crippen molar-refractivity contribution in [2.75, 3.05) is 16.8 Å². The van der Waals surface area contributed by atoms with Crippen LogP contribution in [0.15, 0.2) is 17.0 Å². The summed E-state index contributed by atoms with van der Waals surface area (Å²) in [5, 5.41) is 2.79. The predicted molar refractivity (Wildman–Crippen MR) is 67.7 cm³/mol. The zero-order chi connectivity index (χ0) is 12.4. The molecule has 1 heterocycles. The molecule has 17 heavy (non-hydrogen) atoms. The van der Waals surface area contributed by atoms with Crippen molar-refractivity contribution in [2.24, 2.45) is 5.73 Å². The fourth-order valence-corrected chi connectivity index (χ4v) is 2.43. The maximum atomic E-state index is 11.3. The number of primary amides is 1. The number of thioether (sulfide) groups is 1. The van der Waals surface area contributed by atoms with Crippen LogP contribution in [0.3, 0.4) is 0 Å². The highest BCUT2D eigenvalue weighted by Crippen LogP contribution is 2.33. The van der Waals surface area contributed by atoms with Crippen LogP contribution >= 0.6 is 11.8 Å². The van der Waals surface area contributed by atoms with E-state index in [1.807, 2.05) is 6.07 Å². The second-order valence-electron chi connectivity index (χ2n) is 3.85. The smallest absolute Gasteiger partial charge is 0.227 e. The summed E-state index contributed by atoms with van der Waals surface area (Å²) in [5.41, 5.74) is 13.4. The first-order chi connectivity index (χ1) is 8.06.